The van der Waals surface area contributed by atoms with Gasteiger partial charge in [-0.3, -0.25) is 4.99 Å². The van der Waals surface area contributed by atoms with Crippen LogP contribution in [0, 0.1) is 0 Å². The van der Waals surface area contributed by atoms with E-state index in [4.69, 9.17) is 10.5 Å². The summed E-state index contributed by atoms with van der Waals surface area (Å²) in [5, 5.41) is 0. The van der Waals surface area contributed by atoms with Gasteiger partial charge in [-0.1, -0.05) is 12.1 Å². The number of nitrogens with zero attached hydrogens (tertiary/aromatic N) is 1. The highest BCUT2D eigenvalue weighted by atomic mass is 19.4. The minimum absolute atomic E-state index is 0.000660. The first kappa shape index (κ1) is 16.7. The number of esters is 1. The molecule has 114 valence electrons. The first-order valence-electron chi connectivity index (χ1n) is 6.13. The Balaban J connectivity index is 2.75. The number of halogens is 3. The largest absolute Gasteiger partial charge is 0.462 e. The van der Waals surface area contributed by atoms with Crippen LogP contribution in [0.2, 0.25) is 0 Å². The zero-order chi connectivity index (χ0) is 15.9. The topological polar surface area (TPSA) is 64.7 Å². The summed E-state index contributed by atoms with van der Waals surface area (Å²) in [7, 11) is 0. The molecule has 0 aliphatic heterocycles. The second kappa shape index (κ2) is 7.47. The molecule has 0 spiro atoms. The van der Waals surface area contributed by atoms with Crippen LogP contribution in [-0.4, -0.2) is 18.8 Å². The van der Waals surface area contributed by atoms with Gasteiger partial charge in [0.15, 0.2) is 0 Å². The Hall–Kier alpha value is -2.31. The van der Waals surface area contributed by atoms with E-state index in [0.717, 1.165) is 18.3 Å². The molecule has 1 aromatic carbocycles. The summed E-state index contributed by atoms with van der Waals surface area (Å²) >= 11 is 0. The second-order valence-corrected chi connectivity index (χ2v) is 4.01. The zero-order valence-electron chi connectivity index (χ0n) is 11.4. The third-order valence-electron chi connectivity index (χ3n) is 2.45. The first-order valence-corrected chi connectivity index (χ1v) is 6.13. The summed E-state index contributed by atoms with van der Waals surface area (Å²) in [6.45, 7) is 1.84. The van der Waals surface area contributed by atoms with E-state index in [2.05, 4.69) is 4.99 Å². The molecule has 2 N–H and O–H groups in total. The Kier molecular flexibility index (Phi) is 5.95. The van der Waals surface area contributed by atoms with Crippen molar-refractivity contribution in [3.8, 4) is 0 Å². The summed E-state index contributed by atoms with van der Waals surface area (Å²) in [5.41, 5.74) is 4.94. The van der Waals surface area contributed by atoms with Gasteiger partial charge in [0.05, 0.1) is 24.3 Å². The number of carbonyl (C=O) groups excluding carboxylic acids is 1. The number of carbonyl (C=O) groups is 1. The number of aliphatic imine (C=N–C) groups is 1. The van der Waals surface area contributed by atoms with Crippen molar-refractivity contribution in [2.75, 3.05) is 6.61 Å². The summed E-state index contributed by atoms with van der Waals surface area (Å²) < 4.78 is 42.3. The molecule has 21 heavy (non-hydrogen) atoms. The van der Waals surface area contributed by atoms with Crippen molar-refractivity contribution in [1.82, 2.24) is 0 Å². The highest BCUT2D eigenvalue weighted by Gasteiger charge is 2.30. The Labute approximate surface area is 120 Å². The molecule has 0 unspecified atom stereocenters. The average Bonchev–Trinajstić information content (AvgIpc) is 2.43. The molecule has 4 nitrogen and oxygen atoms in total. The van der Waals surface area contributed by atoms with Gasteiger partial charge < -0.3 is 10.5 Å². The number of hydrogen-bond acceptors (Lipinski definition) is 4. The molecule has 1 aromatic rings. The lowest BCUT2D eigenvalue weighted by Crippen LogP contribution is -2.10. The quantitative estimate of drug-likeness (QED) is 0.516. The number of benzene rings is 1. The van der Waals surface area contributed by atoms with Crippen molar-refractivity contribution in [3.05, 3.63) is 47.2 Å². The molecule has 1 rings (SSSR count). The van der Waals surface area contributed by atoms with Gasteiger partial charge in [0.1, 0.15) is 0 Å². The molecule has 0 aromatic heterocycles. The lowest BCUT2D eigenvalue weighted by Gasteiger charge is -2.07. The van der Waals surface area contributed by atoms with E-state index in [1.165, 1.54) is 18.3 Å². The minimum atomic E-state index is -4.40. The van der Waals surface area contributed by atoms with E-state index >= 15 is 0 Å². The normalized spacial score (nSPS) is 12.7. The van der Waals surface area contributed by atoms with Gasteiger partial charge in [0, 0.05) is 12.4 Å². The molecule has 0 aliphatic rings. The number of hydrogen-bond donors (Lipinski definition) is 1. The molecular weight excluding hydrogens is 285 g/mol. The molecule has 0 fully saturated rings. The van der Waals surface area contributed by atoms with Crippen LogP contribution in [0.1, 0.15) is 18.1 Å². The van der Waals surface area contributed by atoms with Crippen molar-refractivity contribution in [2.45, 2.75) is 19.6 Å². The number of alkyl halides is 3. The fraction of sp³-hybridized carbons (Fsp3) is 0.286. The minimum Gasteiger partial charge on any atom is -0.462 e. The Morgan fingerprint density at radius 1 is 1.43 bits per heavy atom. The Bertz CT molecular complexity index is 551. The SMILES string of the molecule is CCOC(=O)/C(C=NCc1cccc(C(F)(F)F)c1)=C/N. The van der Waals surface area contributed by atoms with E-state index in [1.54, 1.807) is 6.92 Å². The first-order chi connectivity index (χ1) is 9.88. The highest BCUT2D eigenvalue weighted by molar-refractivity contribution is 6.09. The average molecular weight is 300 g/mol. The molecule has 7 heteroatoms. The van der Waals surface area contributed by atoms with Crippen LogP contribution in [0.5, 0.6) is 0 Å². The number of ether oxygens (including phenoxy) is 1. The van der Waals surface area contributed by atoms with Crippen molar-refractivity contribution in [2.24, 2.45) is 10.7 Å². The van der Waals surface area contributed by atoms with E-state index in [1.807, 2.05) is 0 Å². The van der Waals surface area contributed by atoms with Crippen LogP contribution in [0.15, 0.2) is 41.0 Å². The van der Waals surface area contributed by atoms with Gasteiger partial charge in [-0.25, -0.2) is 4.79 Å². The molecule has 0 saturated carbocycles. The lowest BCUT2D eigenvalue weighted by molar-refractivity contribution is -0.138. The maximum Gasteiger partial charge on any atom is 0.416 e. The van der Waals surface area contributed by atoms with Crippen LogP contribution in [-0.2, 0) is 22.3 Å². The van der Waals surface area contributed by atoms with Gasteiger partial charge >= 0.3 is 12.1 Å². The van der Waals surface area contributed by atoms with Crippen molar-refractivity contribution in [3.63, 3.8) is 0 Å². The van der Waals surface area contributed by atoms with Gasteiger partial charge in [-0.05, 0) is 24.6 Å². The fourth-order valence-electron chi connectivity index (χ4n) is 1.47. The Morgan fingerprint density at radius 2 is 2.14 bits per heavy atom. The molecule has 0 aliphatic carbocycles. The molecule has 0 radical (unpaired) electrons. The predicted octanol–water partition coefficient (Wildman–Crippen LogP) is 2.68. The van der Waals surface area contributed by atoms with Crippen LogP contribution in [0.4, 0.5) is 13.2 Å². The van der Waals surface area contributed by atoms with Crippen LogP contribution < -0.4 is 5.73 Å². The molecule has 0 heterocycles. The summed E-state index contributed by atoms with van der Waals surface area (Å²) in [5.74, 6) is -0.632. The monoisotopic (exact) mass is 300 g/mol. The van der Waals surface area contributed by atoms with Crippen LogP contribution >= 0.6 is 0 Å². The van der Waals surface area contributed by atoms with E-state index in [0.29, 0.717) is 5.56 Å². The van der Waals surface area contributed by atoms with Gasteiger partial charge in [0.25, 0.3) is 0 Å². The number of nitrogens with two attached hydrogens (primary N) is 1. The predicted molar refractivity (Wildman–Crippen MR) is 72.5 cm³/mol. The highest BCUT2D eigenvalue weighted by Crippen LogP contribution is 2.29. The van der Waals surface area contributed by atoms with Crippen LogP contribution in [0.25, 0.3) is 0 Å². The maximum absolute atomic E-state index is 12.5. The number of rotatable bonds is 5. The van der Waals surface area contributed by atoms with Crippen LogP contribution in [0.3, 0.4) is 0 Å². The standard InChI is InChI=1S/C14H15F3N2O2/c1-2-21-13(20)11(7-18)9-19-8-10-4-3-5-12(6-10)14(15,16)17/h3-7,9H,2,8,18H2,1H3/b11-7+,19-9?. The van der Waals surface area contributed by atoms with E-state index in [9.17, 15) is 18.0 Å². The summed E-state index contributed by atoms with van der Waals surface area (Å²) in [4.78, 5) is 15.3. The summed E-state index contributed by atoms with van der Waals surface area (Å²) in [6, 6.07) is 4.81. The molecular formula is C14H15F3N2O2. The second-order valence-electron chi connectivity index (χ2n) is 4.01. The van der Waals surface area contributed by atoms with Crippen molar-refractivity contribution >= 4 is 12.2 Å². The third-order valence-corrected chi connectivity index (χ3v) is 2.45. The van der Waals surface area contributed by atoms with Crippen molar-refractivity contribution in [1.29, 1.82) is 0 Å². The Morgan fingerprint density at radius 3 is 2.71 bits per heavy atom. The maximum atomic E-state index is 12.5. The van der Waals surface area contributed by atoms with Gasteiger partial charge in [-0.2, -0.15) is 13.2 Å². The smallest absolute Gasteiger partial charge is 0.416 e. The lowest BCUT2D eigenvalue weighted by atomic mass is 10.1. The van der Waals surface area contributed by atoms with E-state index in [-0.39, 0.29) is 18.7 Å². The van der Waals surface area contributed by atoms with Gasteiger partial charge in [-0.15, -0.1) is 0 Å². The third kappa shape index (κ3) is 5.29. The van der Waals surface area contributed by atoms with Crippen molar-refractivity contribution < 1.29 is 22.7 Å². The van der Waals surface area contributed by atoms with E-state index < -0.39 is 17.7 Å². The molecule has 0 amide bonds. The summed E-state index contributed by atoms with van der Waals surface area (Å²) in [6.07, 6.45) is -2.18. The zero-order valence-corrected chi connectivity index (χ0v) is 11.4. The molecule has 0 bridgehead atoms. The van der Waals surface area contributed by atoms with Gasteiger partial charge in [0.2, 0.25) is 0 Å². The molecule has 0 saturated heterocycles. The fourth-order valence-corrected chi connectivity index (χ4v) is 1.47. The molecule has 0 atom stereocenters.